The third kappa shape index (κ3) is 2.88. The minimum atomic E-state index is -0.0917. The monoisotopic (exact) mass is 407 g/mol. The number of nitrogens with zero attached hydrogens (tertiary/aromatic N) is 5. The number of aryl methyl sites for hydroxylation is 1. The molecule has 0 aliphatic carbocycles. The number of benzene rings is 3. The maximum absolute atomic E-state index is 12.7. The number of fused-ring (bicyclic) bond motifs is 3. The van der Waals surface area contributed by atoms with Gasteiger partial charge in [-0.3, -0.25) is 9.89 Å². The SMILES string of the molecule is Cn1nnc2cc(-c3[nH][nH]c4cc5nc(C(=O)Cc6ccccc6)nc5cc34)ccc21. The Morgan fingerprint density at radius 3 is 2.58 bits per heavy atom. The highest BCUT2D eigenvalue weighted by atomic mass is 16.1. The van der Waals surface area contributed by atoms with Crippen molar-refractivity contribution in [1.82, 2.24) is 35.2 Å². The van der Waals surface area contributed by atoms with Crippen LogP contribution in [0.5, 0.6) is 0 Å². The van der Waals surface area contributed by atoms with Crippen LogP contribution in [0, 0.1) is 0 Å². The molecular formula is C23H17N7O. The molecule has 150 valence electrons. The number of hydrogen-bond acceptors (Lipinski definition) is 5. The van der Waals surface area contributed by atoms with Crippen LogP contribution in [0.3, 0.4) is 0 Å². The predicted molar refractivity (Wildman–Crippen MR) is 118 cm³/mol. The summed E-state index contributed by atoms with van der Waals surface area (Å²) in [6, 6.07) is 19.5. The van der Waals surface area contributed by atoms with Crippen LogP contribution >= 0.6 is 0 Å². The van der Waals surface area contributed by atoms with E-state index in [1.807, 2.05) is 67.7 Å². The number of imidazole rings is 1. The van der Waals surface area contributed by atoms with Crippen LogP contribution in [0.4, 0.5) is 0 Å². The van der Waals surface area contributed by atoms with Crippen molar-refractivity contribution in [3.05, 3.63) is 72.1 Å². The van der Waals surface area contributed by atoms with E-state index < -0.39 is 0 Å². The first-order valence-electron chi connectivity index (χ1n) is 9.90. The van der Waals surface area contributed by atoms with E-state index in [4.69, 9.17) is 0 Å². The lowest BCUT2D eigenvalue weighted by molar-refractivity contribution is 0.0984. The lowest BCUT2D eigenvalue weighted by Gasteiger charge is -2.00. The summed E-state index contributed by atoms with van der Waals surface area (Å²) in [4.78, 5) is 21.7. The van der Waals surface area contributed by atoms with Gasteiger partial charge in [-0.25, -0.2) is 14.6 Å². The Kier molecular flexibility index (Phi) is 3.73. The van der Waals surface area contributed by atoms with E-state index in [9.17, 15) is 4.79 Å². The number of aromatic amines is 2. The summed E-state index contributed by atoms with van der Waals surface area (Å²) < 4.78 is 1.75. The molecule has 8 heteroatoms. The van der Waals surface area contributed by atoms with Gasteiger partial charge in [-0.2, -0.15) is 0 Å². The largest absolute Gasteiger partial charge is 0.300 e. The summed E-state index contributed by atoms with van der Waals surface area (Å²) in [5, 5.41) is 15.7. The van der Waals surface area contributed by atoms with Crippen LogP contribution in [0.25, 0.3) is 44.2 Å². The van der Waals surface area contributed by atoms with E-state index in [0.29, 0.717) is 11.0 Å². The summed E-state index contributed by atoms with van der Waals surface area (Å²) in [7, 11) is 1.87. The number of carbonyl (C=O) groups excluding carboxylic acids is 1. The minimum absolute atomic E-state index is 0.0917. The number of rotatable bonds is 4. The third-order valence-electron chi connectivity index (χ3n) is 5.52. The first kappa shape index (κ1) is 17.5. The zero-order chi connectivity index (χ0) is 20.9. The first-order chi connectivity index (χ1) is 15.2. The highest BCUT2D eigenvalue weighted by Gasteiger charge is 2.16. The van der Waals surface area contributed by atoms with Gasteiger partial charge in [0.05, 0.1) is 27.8 Å². The average molecular weight is 407 g/mol. The van der Waals surface area contributed by atoms with Gasteiger partial charge >= 0.3 is 0 Å². The van der Waals surface area contributed by atoms with E-state index in [-0.39, 0.29) is 18.0 Å². The number of hydrogen-bond donors (Lipinski definition) is 2. The minimum Gasteiger partial charge on any atom is -0.300 e. The van der Waals surface area contributed by atoms with Crippen molar-refractivity contribution in [3.8, 4) is 11.3 Å². The van der Waals surface area contributed by atoms with Crippen LogP contribution in [0.15, 0.2) is 60.7 Å². The first-order valence-corrected chi connectivity index (χ1v) is 9.90. The Morgan fingerprint density at radius 2 is 1.74 bits per heavy atom. The van der Waals surface area contributed by atoms with E-state index in [1.165, 1.54) is 0 Å². The molecule has 31 heavy (non-hydrogen) atoms. The molecule has 0 atom stereocenters. The Hall–Kier alpha value is -4.33. The van der Waals surface area contributed by atoms with Gasteiger partial charge in [-0.15, -0.1) is 5.10 Å². The van der Waals surface area contributed by atoms with Gasteiger partial charge in [-0.05, 0) is 29.8 Å². The summed E-state index contributed by atoms with van der Waals surface area (Å²) in [6.45, 7) is 0. The number of nitrogens with one attached hydrogen (secondary N) is 2. The molecular weight excluding hydrogens is 390 g/mol. The molecule has 0 aliphatic rings. The molecule has 6 aromatic rings. The van der Waals surface area contributed by atoms with Crippen LogP contribution in [0.1, 0.15) is 16.2 Å². The molecule has 0 saturated heterocycles. The average Bonchev–Trinajstić information content (AvgIpc) is 3.49. The third-order valence-corrected chi connectivity index (χ3v) is 5.52. The van der Waals surface area contributed by atoms with Crippen molar-refractivity contribution in [1.29, 1.82) is 0 Å². The molecule has 3 aromatic carbocycles. The zero-order valence-corrected chi connectivity index (χ0v) is 16.6. The van der Waals surface area contributed by atoms with Gasteiger partial charge in [0.1, 0.15) is 5.52 Å². The van der Waals surface area contributed by atoms with Gasteiger partial charge in [0.15, 0.2) is 5.82 Å². The van der Waals surface area contributed by atoms with E-state index in [2.05, 4.69) is 30.5 Å². The fraction of sp³-hybridized carbons (Fsp3) is 0.0870. The van der Waals surface area contributed by atoms with Gasteiger partial charge in [0, 0.05) is 24.4 Å². The molecule has 0 radical (unpaired) electrons. The maximum Gasteiger partial charge on any atom is 0.204 e. The van der Waals surface area contributed by atoms with E-state index >= 15 is 0 Å². The lowest BCUT2D eigenvalue weighted by atomic mass is 10.1. The molecule has 3 heterocycles. The summed E-state index contributed by atoms with van der Waals surface area (Å²) in [5.41, 5.74) is 6.92. The van der Waals surface area contributed by atoms with Gasteiger partial charge < -0.3 is 5.10 Å². The molecule has 0 fully saturated rings. The molecule has 0 aliphatic heterocycles. The molecule has 8 nitrogen and oxygen atoms in total. The van der Waals surface area contributed by atoms with Crippen molar-refractivity contribution in [2.24, 2.45) is 7.05 Å². The van der Waals surface area contributed by atoms with Crippen molar-refractivity contribution in [3.63, 3.8) is 0 Å². The Morgan fingerprint density at radius 1 is 0.935 bits per heavy atom. The molecule has 3 aromatic heterocycles. The fourth-order valence-corrected chi connectivity index (χ4v) is 3.93. The van der Waals surface area contributed by atoms with Crippen LogP contribution in [-0.2, 0) is 13.5 Å². The van der Waals surface area contributed by atoms with Crippen LogP contribution in [-0.4, -0.2) is 40.9 Å². The summed E-state index contributed by atoms with van der Waals surface area (Å²) in [5.74, 6) is 0.156. The number of ketones is 1. The Labute approximate surface area is 175 Å². The zero-order valence-electron chi connectivity index (χ0n) is 16.6. The van der Waals surface area contributed by atoms with Gasteiger partial charge in [0.2, 0.25) is 5.78 Å². The van der Waals surface area contributed by atoms with Gasteiger partial charge in [0.25, 0.3) is 0 Å². The number of H-pyrrole nitrogens is 2. The number of aromatic nitrogens is 7. The molecule has 0 unspecified atom stereocenters. The van der Waals surface area contributed by atoms with Crippen molar-refractivity contribution in [2.75, 3.05) is 0 Å². The predicted octanol–water partition coefficient (Wildman–Crippen LogP) is 3.81. The molecule has 6 rings (SSSR count). The van der Waals surface area contributed by atoms with Gasteiger partial charge in [-0.1, -0.05) is 41.6 Å². The van der Waals surface area contributed by atoms with Crippen LogP contribution in [0.2, 0.25) is 0 Å². The molecule has 0 bridgehead atoms. The highest BCUT2D eigenvalue weighted by molar-refractivity contribution is 6.03. The second kappa shape index (κ2) is 6.60. The van der Waals surface area contributed by atoms with Crippen molar-refractivity contribution in [2.45, 2.75) is 6.42 Å². The molecule has 2 N–H and O–H groups in total. The number of carbonyl (C=O) groups is 1. The second-order valence-corrected chi connectivity index (χ2v) is 7.56. The topological polar surface area (TPSA) is 105 Å². The normalized spacial score (nSPS) is 11.6. The second-order valence-electron chi connectivity index (χ2n) is 7.56. The van der Waals surface area contributed by atoms with Crippen molar-refractivity contribution >= 4 is 38.8 Å². The molecule has 0 saturated carbocycles. The van der Waals surface area contributed by atoms with Crippen LogP contribution < -0.4 is 0 Å². The summed E-state index contributed by atoms with van der Waals surface area (Å²) in [6.07, 6.45) is 0.284. The Balaban J connectivity index is 1.41. The Bertz CT molecular complexity index is 1590. The smallest absolute Gasteiger partial charge is 0.204 e. The quantitative estimate of drug-likeness (QED) is 0.432. The maximum atomic E-state index is 12.7. The van der Waals surface area contributed by atoms with Crippen molar-refractivity contribution < 1.29 is 4.79 Å². The number of Topliss-reactive ketones (excluding diaryl/α,β-unsaturated/α-hetero) is 1. The highest BCUT2D eigenvalue weighted by Crippen LogP contribution is 2.30. The molecule has 0 spiro atoms. The lowest BCUT2D eigenvalue weighted by Crippen LogP contribution is -2.05. The van der Waals surface area contributed by atoms with E-state index in [0.717, 1.165) is 38.8 Å². The molecule has 0 amide bonds. The standard InChI is InChI=1S/C23H17N7O/c1-30-20-8-7-14(10-19(20)27-29-30)22-15-11-17-18(12-16(15)26-28-22)25-23(24-17)21(31)9-13-5-3-2-4-6-13/h2-8,10-12,26,28H,9H2,1H3. The fourth-order valence-electron chi connectivity index (χ4n) is 3.93. The summed E-state index contributed by atoms with van der Waals surface area (Å²) >= 11 is 0. The van der Waals surface area contributed by atoms with E-state index in [1.54, 1.807) is 4.68 Å².